The van der Waals surface area contributed by atoms with Gasteiger partial charge in [-0.1, -0.05) is 36.0 Å². The van der Waals surface area contributed by atoms with E-state index in [1.165, 1.54) is 11.8 Å². The summed E-state index contributed by atoms with van der Waals surface area (Å²) in [5, 5.41) is 0.715. The fourth-order valence-corrected chi connectivity index (χ4v) is 4.31. The van der Waals surface area contributed by atoms with Gasteiger partial charge in [-0.15, -0.1) is 0 Å². The van der Waals surface area contributed by atoms with Gasteiger partial charge < -0.3 is 9.80 Å². The number of thioether (sulfide) groups is 1. The van der Waals surface area contributed by atoms with Gasteiger partial charge in [0.15, 0.2) is 11.6 Å². The smallest absolute Gasteiger partial charge is 0.200 e. The van der Waals surface area contributed by atoms with Crippen molar-refractivity contribution < 1.29 is 9.59 Å². The Balaban J connectivity index is 1.83. The molecule has 0 atom stereocenters. The van der Waals surface area contributed by atoms with E-state index in [-0.39, 0.29) is 17.1 Å². The highest BCUT2D eigenvalue weighted by Gasteiger charge is 2.39. The average molecular weight is 336 g/mol. The molecule has 2 aliphatic rings. The first kappa shape index (κ1) is 15.0. The lowest BCUT2D eigenvalue weighted by molar-refractivity contribution is 0.0988. The fraction of sp³-hybridized carbons (Fsp3) is 0.158. The Morgan fingerprint density at radius 1 is 0.958 bits per heavy atom. The van der Waals surface area contributed by atoms with Gasteiger partial charge in [-0.3, -0.25) is 9.59 Å². The first-order valence-corrected chi connectivity index (χ1v) is 8.46. The molecule has 0 fully saturated rings. The molecule has 0 saturated carbocycles. The number of fused-ring (bicyclic) bond motifs is 2. The number of hydrogen-bond acceptors (Lipinski definition) is 5. The molecule has 2 aromatic carbocycles. The maximum Gasteiger partial charge on any atom is 0.200 e. The minimum Gasteiger partial charge on any atom is -0.378 e. The van der Waals surface area contributed by atoms with Crippen LogP contribution in [0.3, 0.4) is 0 Å². The van der Waals surface area contributed by atoms with E-state index in [1.807, 2.05) is 43.1 Å². The van der Waals surface area contributed by atoms with Crippen molar-refractivity contribution in [3.05, 3.63) is 64.2 Å². The van der Waals surface area contributed by atoms with Crippen molar-refractivity contribution in [1.29, 1.82) is 0 Å². The van der Waals surface area contributed by atoms with Gasteiger partial charge in [-0.25, -0.2) is 0 Å². The highest BCUT2D eigenvalue weighted by Crippen LogP contribution is 2.49. The van der Waals surface area contributed by atoms with Crippen molar-refractivity contribution in [3.63, 3.8) is 0 Å². The Bertz CT molecular complexity index is 894. The van der Waals surface area contributed by atoms with Crippen molar-refractivity contribution in [3.8, 4) is 0 Å². The molecule has 0 N–H and O–H groups in total. The molecule has 2 aromatic rings. The van der Waals surface area contributed by atoms with Gasteiger partial charge in [0.1, 0.15) is 5.57 Å². The maximum atomic E-state index is 12.7. The normalized spacial score (nSPS) is 15.9. The van der Waals surface area contributed by atoms with Crippen LogP contribution in [0.25, 0.3) is 0 Å². The van der Waals surface area contributed by atoms with Gasteiger partial charge in [-0.2, -0.15) is 0 Å². The Kier molecular flexibility index (Phi) is 3.28. The molecule has 0 radical (unpaired) electrons. The van der Waals surface area contributed by atoms with Crippen LogP contribution >= 0.6 is 11.8 Å². The van der Waals surface area contributed by atoms with Crippen LogP contribution in [0.5, 0.6) is 0 Å². The number of rotatable bonds is 1. The third kappa shape index (κ3) is 2.01. The number of anilines is 2. The number of Topliss-reactive ketones (excluding diaryl/α,β-unsaturated/α-hetero) is 2. The highest BCUT2D eigenvalue weighted by molar-refractivity contribution is 8.03. The number of allylic oxidation sites excluding steroid dienone is 1. The summed E-state index contributed by atoms with van der Waals surface area (Å²) < 4.78 is 0. The molecule has 120 valence electrons. The molecule has 5 heteroatoms. The van der Waals surface area contributed by atoms with Crippen molar-refractivity contribution in [2.24, 2.45) is 0 Å². The molecule has 4 rings (SSSR count). The van der Waals surface area contributed by atoms with Crippen LogP contribution in [0.1, 0.15) is 20.7 Å². The summed E-state index contributed by atoms with van der Waals surface area (Å²) >= 11 is 1.49. The molecule has 1 aliphatic carbocycles. The highest BCUT2D eigenvalue weighted by atomic mass is 32.2. The van der Waals surface area contributed by atoms with Gasteiger partial charge in [0, 0.05) is 42.9 Å². The van der Waals surface area contributed by atoms with Crippen LogP contribution in [0.4, 0.5) is 11.4 Å². The molecular weight excluding hydrogens is 320 g/mol. The van der Waals surface area contributed by atoms with E-state index in [2.05, 4.69) is 6.07 Å². The molecule has 1 heterocycles. The Morgan fingerprint density at radius 2 is 1.58 bits per heavy atom. The van der Waals surface area contributed by atoms with Gasteiger partial charge >= 0.3 is 0 Å². The van der Waals surface area contributed by atoms with Crippen LogP contribution in [0.2, 0.25) is 0 Å². The van der Waals surface area contributed by atoms with E-state index in [1.54, 1.807) is 24.3 Å². The topological polar surface area (TPSA) is 40.6 Å². The summed E-state index contributed by atoms with van der Waals surface area (Å²) in [5.41, 5.74) is 3.40. The fourth-order valence-electron chi connectivity index (χ4n) is 3.09. The number of ketones is 2. The van der Waals surface area contributed by atoms with Gasteiger partial charge in [0.05, 0.1) is 10.7 Å². The quantitative estimate of drug-likeness (QED) is 0.588. The molecule has 0 saturated heterocycles. The van der Waals surface area contributed by atoms with E-state index < -0.39 is 0 Å². The van der Waals surface area contributed by atoms with E-state index in [4.69, 9.17) is 0 Å². The number of benzene rings is 2. The Hall–Kier alpha value is -2.53. The largest absolute Gasteiger partial charge is 0.378 e. The number of carbonyl (C=O) groups excluding carboxylic acids is 2. The molecular formula is C19H16N2O2S. The lowest BCUT2D eigenvalue weighted by Crippen LogP contribution is -2.16. The third-order valence-corrected chi connectivity index (χ3v) is 5.63. The zero-order valence-electron chi connectivity index (χ0n) is 13.7. The molecule has 1 aliphatic heterocycles. The standard InChI is InChI=1S/C19H16N2O2S/c1-20(2)11-8-9-14-15(10-11)24-19(21(14)3)16-17(22)12-6-4-5-7-13(12)18(16)23/h4-10H,1-3H3. The molecule has 4 nitrogen and oxygen atoms in total. The maximum absolute atomic E-state index is 12.7. The van der Waals surface area contributed by atoms with Crippen LogP contribution in [-0.2, 0) is 0 Å². The Morgan fingerprint density at radius 3 is 2.17 bits per heavy atom. The number of hydrogen-bond donors (Lipinski definition) is 0. The molecule has 0 unspecified atom stereocenters. The zero-order chi connectivity index (χ0) is 17.0. The summed E-state index contributed by atoms with van der Waals surface area (Å²) in [6.07, 6.45) is 0. The monoisotopic (exact) mass is 336 g/mol. The molecule has 24 heavy (non-hydrogen) atoms. The second kappa shape index (κ2) is 5.24. The Labute approximate surface area is 144 Å². The predicted molar refractivity (Wildman–Crippen MR) is 97.2 cm³/mol. The predicted octanol–water partition coefficient (Wildman–Crippen LogP) is 3.59. The van der Waals surface area contributed by atoms with Crippen LogP contribution in [0, 0.1) is 0 Å². The van der Waals surface area contributed by atoms with Crippen LogP contribution in [-0.4, -0.2) is 32.7 Å². The van der Waals surface area contributed by atoms with Gasteiger partial charge in [-0.05, 0) is 18.2 Å². The van der Waals surface area contributed by atoms with Crippen LogP contribution < -0.4 is 9.80 Å². The minimum atomic E-state index is -0.175. The van der Waals surface area contributed by atoms with E-state index in [9.17, 15) is 9.59 Å². The van der Waals surface area contributed by atoms with Gasteiger partial charge in [0.25, 0.3) is 0 Å². The SMILES string of the molecule is CN(C)c1ccc2c(c1)SC(=C1C(=O)c3ccccc3C1=O)N2C. The first-order valence-electron chi connectivity index (χ1n) is 7.64. The summed E-state index contributed by atoms with van der Waals surface area (Å²) in [7, 11) is 5.89. The molecule has 0 amide bonds. The first-order chi connectivity index (χ1) is 11.5. The lowest BCUT2D eigenvalue weighted by Gasteiger charge is -2.16. The third-order valence-electron chi connectivity index (χ3n) is 4.42. The van der Waals surface area contributed by atoms with Gasteiger partial charge in [0.2, 0.25) is 0 Å². The average Bonchev–Trinajstić information content (AvgIpc) is 3.03. The van der Waals surface area contributed by atoms with Crippen molar-refractivity contribution >= 4 is 34.7 Å². The second-order valence-corrected chi connectivity index (χ2v) is 7.12. The van der Waals surface area contributed by atoms with Crippen molar-refractivity contribution in [1.82, 2.24) is 0 Å². The summed E-state index contributed by atoms with van der Waals surface area (Å²) in [6, 6.07) is 13.2. The molecule has 0 aromatic heterocycles. The van der Waals surface area contributed by atoms with E-state index in [0.29, 0.717) is 16.2 Å². The van der Waals surface area contributed by atoms with Crippen molar-refractivity contribution in [2.75, 3.05) is 30.9 Å². The van der Waals surface area contributed by atoms with Crippen LogP contribution in [0.15, 0.2) is 58.0 Å². The minimum absolute atomic E-state index is 0.175. The summed E-state index contributed by atoms with van der Waals surface area (Å²) in [5.74, 6) is -0.351. The number of carbonyl (C=O) groups is 2. The lowest BCUT2D eigenvalue weighted by atomic mass is 10.1. The second-order valence-electron chi connectivity index (χ2n) is 6.09. The van der Waals surface area contributed by atoms with E-state index >= 15 is 0 Å². The number of nitrogens with zero attached hydrogens (tertiary/aromatic N) is 2. The zero-order valence-corrected chi connectivity index (χ0v) is 14.5. The molecule has 0 bridgehead atoms. The summed E-state index contributed by atoms with van der Waals surface area (Å²) in [6.45, 7) is 0. The summed E-state index contributed by atoms with van der Waals surface area (Å²) in [4.78, 5) is 30.5. The van der Waals surface area contributed by atoms with E-state index in [0.717, 1.165) is 16.3 Å². The van der Waals surface area contributed by atoms with Crippen molar-refractivity contribution in [2.45, 2.75) is 4.90 Å². The molecule has 0 spiro atoms.